The van der Waals surface area contributed by atoms with Crippen LogP contribution in [0.4, 0.5) is 0 Å². The lowest BCUT2D eigenvalue weighted by Crippen LogP contribution is -2.39. The Morgan fingerprint density at radius 2 is 1.89 bits per heavy atom. The van der Waals surface area contributed by atoms with Gasteiger partial charge in [0.15, 0.2) is 0 Å². The minimum atomic E-state index is 0.502. The molecule has 1 saturated heterocycles. The summed E-state index contributed by atoms with van der Waals surface area (Å²) in [7, 11) is 0. The van der Waals surface area contributed by atoms with E-state index in [4.69, 9.17) is 0 Å². The molecule has 2 fully saturated rings. The van der Waals surface area contributed by atoms with E-state index in [1.807, 2.05) is 0 Å². The molecule has 0 amide bonds. The van der Waals surface area contributed by atoms with Gasteiger partial charge in [-0.2, -0.15) is 11.8 Å². The van der Waals surface area contributed by atoms with Gasteiger partial charge in [-0.15, -0.1) is 0 Å². The summed E-state index contributed by atoms with van der Waals surface area (Å²) in [6.07, 6.45) is 9.89. The van der Waals surface area contributed by atoms with Gasteiger partial charge >= 0.3 is 0 Å². The van der Waals surface area contributed by atoms with E-state index in [-0.39, 0.29) is 0 Å². The lowest BCUT2D eigenvalue weighted by Gasteiger charge is -2.30. The van der Waals surface area contributed by atoms with Crippen molar-refractivity contribution in [3.05, 3.63) is 0 Å². The molecule has 2 aliphatic rings. The maximum Gasteiger partial charge on any atom is 0.0256 e. The summed E-state index contributed by atoms with van der Waals surface area (Å²) in [6.45, 7) is 10.9. The normalized spacial score (nSPS) is 37.3. The van der Waals surface area contributed by atoms with E-state index in [2.05, 4.69) is 44.8 Å². The van der Waals surface area contributed by atoms with Crippen LogP contribution in [-0.2, 0) is 0 Å². The highest BCUT2D eigenvalue weighted by Crippen LogP contribution is 2.39. The van der Waals surface area contributed by atoms with Crippen molar-refractivity contribution in [3.63, 3.8) is 0 Å². The van der Waals surface area contributed by atoms with Gasteiger partial charge in [-0.25, -0.2) is 0 Å². The molecule has 0 aromatic carbocycles. The molecule has 3 unspecified atom stereocenters. The fourth-order valence-corrected chi connectivity index (χ4v) is 4.96. The van der Waals surface area contributed by atoms with Crippen LogP contribution < -0.4 is 5.32 Å². The maximum absolute atomic E-state index is 3.90. The Bertz CT molecular complexity index is 275. The molecule has 2 heteroatoms. The summed E-state index contributed by atoms with van der Waals surface area (Å²) in [4.78, 5) is 0. The van der Waals surface area contributed by atoms with Crippen molar-refractivity contribution < 1.29 is 0 Å². The highest BCUT2D eigenvalue weighted by Gasteiger charge is 2.31. The third kappa shape index (κ3) is 4.67. The van der Waals surface area contributed by atoms with Gasteiger partial charge in [-0.3, -0.25) is 0 Å². The molecule has 1 aliphatic heterocycles. The lowest BCUT2D eigenvalue weighted by molar-refractivity contribution is 0.213. The molecule has 1 nitrogen and oxygen atoms in total. The molecular formula is C17H33NS. The molecule has 1 saturated carbocycles. The van der Waals surface area contributed by atoms with Crippen molar-refractivity contribution in [1.29, 1.82) is 0 Å². The molecule has 112 valence electrons. The first-order chi connectivity index (χ1) is 8.89. The van der Waals surface area contributed by atoms with E-state index in [0.717, 1.165) is 12.0 Å². The van der Waals surface area contributed by atoms with Gasteiger partial charge in [0.1, 0.15) is 0 Å². The van der Waals surface area contributed by atoms with Gasteiger partial charge in [0.25, 0.3) is 0 Å². The second-order valence-electron chi connectivity index (χ2n) is 8.05. The molecule has 0 radical (unpaired) electrons. The van der Waals surface area contributed by atoms with Gasteiger partial charge in [-0.1, -0.05) is 27.2 Å². The van der Waals surface area contributed by atoms with E-state index < -0.39 is 0 Å². The monoisotopic (exact) mass is 283 g/mol. The Balaban J connectivity index is 1.76. The average Bonchev–Trinajstić information content (AvgIpc) is 2.62. The van der Waals surface area contributed by atoms with Crippen LogP contribution in [0.25, 0.3) is 0 Å². The Morgan fingerprint density at radius 1 is 1.11 bits per heavy atom. The molecule has 1 N–H and O–H groups in total. The zero-order chi connectivity index (χ0) is 13.9. The van der Waals surface area contributed by atoms with Crippen LogP contribution in [0.15, 0.2) is 0 Å². The van der Waals surface area contributed by atoms with Crippen LogP contribution in [0.3, 0.4) is 0 Å². The predicted molar refractivity (Wildman–Crippen MR) is 87.9 cm³/mol. The van der Waals surface area contributed by atoms with Crippen LogP contribution >= 0.6 is 11.8 Å². The average molecular weight is 284 g/mol. The molecular weight excluding hydrogens is 250 g/mol. The highest BCUT2D eigenvalue weighted by atomic mass is 32.2. The van der Waals surface area contributed by atoms with Crippen molar-refractivity contribution in [2.24, 2.45) is 11.3 Å². The largest absolute Gasteiger partial charge is 0.313 e. The van der Waals surface area contributed by atoms with E-state index in [1.165, 1.54) is 57.2 Å². The molecule has 0 aromatic heterocycles. The topological polar surface area (TPSA) is 12.0 Å². The summed E-state index contributed by atoms with van der Waals surface area (Å²) in [5, 5.41) is 3.90. The molecule has 1 heterocycles. The van der Waals surface area contributed by atoms with Gasteiger partial charge in [0.05, 0.1) is 0 Å². The second-order valence-corrected chi connectivity index (χ2v) is 9.73. The summed E-state index contributed by atoms with van der Waals surface area (Å²) in [5.41, 5.74) is 0.502. The van der Waals surface area contributed by atoms with E-state index in [0.29, 0.717) is 10.2 Å². The summed E-state index contributed by atoms with van der Waals surface area (Å²) < 4.78 is 0.524. The SMILES string of the molecule is CC1(CNC2CCCC(C(C)(C)C)CC2)CCCS1. The third-order valence-electron chi connectivity index (χ3n) is 5.26. The van der Waals surface area contributed by atoms with E-state index in [9.17, 15) is 0 Å². The molecule has 0 spiro atoms. The van der Waals surface area contributed by atoms with Crippen LogP contribution in [0.2, 0.25) is 0 Å². The van der Waals surface area contributed by atoms with Crippen LogP contribution in [0.5, 0.6) is 0 Å². The zero-order valence-corrected chi connectivity index (χ0v) is 14.2. The molecule has 0 aromatic rings. The zero-order valence-electron chi connectivity index (χ0n) is 13.4. The van der Waals surface area contributed by atoms with E-state index in [1.54, 1.807) is 0 Å². The smallest absolute Gasteiger partial charge is 0.0256 e. The van der Waals surface area contributed by atoms with Gasteiger partial charge < -0.3 is 5.32 Å². The van der Waals surface area contributed by atoms with Crippen LogP contribution in [0.1, 0.15) is 72.6 Å². The lowest BCUT2D eigenvalue weighted by atomic mass is 9.76. The highest BCUT2D eigenvalue weighted by molar-refractivity contribution is 8.00. The van der Waals surface area contributed by atoms with Crippen molar-refractivity contribution in [3.8, 4) is 0 Å². The molecule has 0 bridgehead atoms. The predicted octanol–water partition coefficient (Wildman–Crippen LogP) is 4.86. The minimum absolute atomic E-state index is 0.502. The van der Waals surface area contributed by atoms with Crippen molar-refractivity contribution in [2.45, 2.75) is 83.4 Å². The number of nitrogens with one attached hydrogen (secondary N) is 1. The Labute approximate surface area is 124 Å². The van der Waals surface area contributed by atoms with Crippen LogP contribution in [-0.4, -0.2) is 23.1 Å². The van der Waals surface area contributed by atoms with Gasteiger partial charge in [0.2, 0.25) is 0 Å². The molecule has 3 atom stereocenters. The summed E-state index contributed by atoms with van der Waals surface area (Å²) >= 11 is 2.18. The summed E-state index contributed by atoms with van der Waals surface area (Å²) in [6, 6.07) is 0.783. The number of hydrogen-bond acceptors (Lipinski definition) is 2. The first-order valence-corrected chi connectivity index (χ1v) is 9.25. The third-order valence-corrected chi connectivity index (χ3v) is 6.80. The number of rotatable bonds is 3. The van der Waals surface area contributed by atoms with Crippen LogP contribution in [0, 0.1) is 11.3 Å². The fraction of sp³-hybridized carbons (Fsp3) is 1.00. The van der Waals surface area contributed by atoms with Crippen molar-refractivity contribution in [1.82, 2.24) is 5.32 Å². The second kappa shape index (κ2) is 6.39. The quantitative estimate of drug-likeness (QED) is 0.743. The number of thioether (sulfide) groups is 1. The molecule has 2 rings (SSSR count). The Morgan fingerprint density at radius 3 is 2.53 bits per heavy atom. The van der Waals surface area contributed by atoms with Crippen molar-refractivity contribution in [2.75, 3.05) is 12.3 Å². The van der Waals surface area contributed by atoms with Gasteiger partial charge in [-0.05, 0) is 62.5 Å². The standard InChI is InChI=1S/C17H33NS/c1-16(2,3)14-7-5-8-15(10-9-14)18-13-17(4)11-6-12-19-17/h14-15,18H,5-13H2,1-4H3. The Kier molecular flexibility index (Phi) is 5.28. The number of hydrogen-bond donors (Lipinski definition) is 1. The van der Waals surface area contributed by atoms with Crippen molar-refractivity contribution >= 4 is 11.8 Å². The minimum Gasteiger partial charge on any atom is -0.313 e. The fourth-order valence-electron chi connectivity index (χ4n) is 3.71. The molecule has 1 aliphatic carbocycles. The Hall–Kier alpha value is 0.310. The van der Waals surface area contributed by atoms with Gasteiger partial charge in [0, 0.05) is 17.3 Å². The first-order valence-electron chi connectivity index (χ1n) is 8.26. The van der Waals surface area contributed by atoms with E-state index >= 15 is 0 Å². The summed E-state index contributed by atoms with van der Waals surface area (Å²) in [5.74, 6) is 2.30. The molecule has 19 heavy (non-hydrogen) atoms. The maximum atomic E-state index is 3.90. The first kappa shape index (κ1) is 15.7.